The Morgan fingerprint density at radius 2 is 2.00 bits per heavy atom. The van der Waals surface area contributed by atoms with Gasteiger partial charge in [-0.05, 0) is 31.0 Å². The smallest absolute Gasteiger partial charge is 0.261 e. The van der Waals surface area contributed by atoms with Crippen LogP contribution < -0.4 is 10.1 Å². The first-order valence-corrected chi connectivity index (χ1v) is 11.9. The van der Waals surface area contributed by atoms with E-state index in [-0.39, 0.29) is 10.5 Å². The number of sulfonamides is 1. The van der Waals surface area contributed by atoms with Gasteiger partial charge in [-0.15, -0.1) is 10.2 Å². The summed E-state index contributed by atoms with van der Waals surface area (Å²) < 4.78 is 33.0. The molecule has 0 saturated carbocycles. The molecule has 1 aromatic heterocycles. The SMILES string of the molecule is COc1ccc(S(=O)(=O)N2CCCC2)cc1C(=O)Nc1nnc(SC(C)C)s1. The molecule has 2 heterocycles. The van der Waals surface area contributed by atoms with E-state index in [0.29, 0.717) is 29.2 Å². The largest absolute Gasteiger partial charge is 0.496 e. The number of hydrogen-bond acceptors (Lipinski definition) is 8. The highest BCUT2D eigenvalue weighted by atomic mass is 32.2. The molecule has 28 heavy (non-hydrogen) atoms. The first kappa shape index (κ1) is 21.0. The van der Waals surface area contributed by atoms with Crippen molar-refractivity contribution in [3.8, 4) is 5.75 Å². The van der Waals surface area contributed by atoms with Crippen molar-refractivity contribution < 1.29 is 17.9 Å². The van der Waals surface area contributed by atoms with Crippen LogP contribution in [0.4, 0.5) is 5.13 Å². The average molecular weight is 443 g/mol. The topological polar surface area (TPSA) is 101 Å². The summed E-state index contributed by atoms with van der Waals surface area (Å²) in [5.74, 6) is -0.202. The molecular weight excluding hydrogens is 420 g/mol. The van der Waals surface area contributed by atoms with Crippen LogP contribution in [0.25, 0.3) is 0 Å². The zero-order valence-electron chi connectivity index (χ0n) is 15.8. The van der Waals surface area contributed by atoms with Crippen molar-refractivity contribution in [1.29, 1.82) is 0 Å². The number of amides is 1. The summed E-state index contributed by atoms with van der Waals surface area (Å²) >= 11 is 2.82. The lowest BCUT2D eigenvalue weighted by molar-refractivity contribution is 0.102. The minimum Gasteiger partial charge on any atom is -0.496 e. The van der Waals surface area contributed by atoms with E-state index in [4.69, 9.17) is 4.74 Å². The highest BCUT2D eigenvalue weighted by molar-refractivity contribution is 8.01. The number of hydrogen-bond donors (Lipinski definition) is 1. The molecule has 152 valence electrons. The lowest BCUT2D eigenvalue weighted by Gasteiger charge is -2.17. The van der Waals surface area contributed by atoms with Crippen LogP contribution in [0.3, 0.4) is 0 Å². The van der Waals surface area contributed by atoms with E-state index >= 15 is 0 Å². The minimum atomic E-state index is -3.63. The summed E-state index contributed by atoms with van der Waals surface area (Å²) in [6.45, 7) is 5.08. The lowest BCUT2D eigenvalue weighted by atomic mass is 10.2. The van der Waals surface area contributed by atoms with Gasteiger partial charge >= 0.3 is 0 Å². The maximum atomic E-state index is 12.8. The summed E-state index contributed by atoms with van der Waals surface area (Å²) in [5.41, 5.74) is 0.135. The number of benzene rings is 1. The van der Waals surface area contributed by atoms with Gasteiger partial charge in [-0.1, -0.05) is 36.9 Å². The maximum absolute atomic E-state index is 12.8. The number of carbonyl (C=O) groups is 1. The van der Waals surface area contributed by atoms with E-state index in [9.17, 15) is 13.2 Å². The van der Waals surface area contributed by atoms with Crippen LogP contribution in [-0.2, 0) is 10.0 Å². The normalized spacial score (nSPS) is 15.1. The van der Waals surface area contributed by atoms with Gasteiger partial charge in [0.25, 0.3) is 5.91 Å². The molecule has 0 aliphatic carbocycles. The Balaban J connectivity index is 1.85. The zero-order valence-corrected chi connectivity index (χ0v) is 18.3. The van der Waals surface area contributed by atoms with Crippen LogP contribution in [0.2, 0.25) is 0 Å². The summed E-state index contributed by atoms with van der Waals surface area (Å²) in [4.78, 5) is 12.8. The quantitative estimate of drug-likeness (QED) is 0.519. The molecular formula is C17H22N4O4S3. The fraction of sp³-hybridized carbons (Fsp3) is 0.471. The van der Waals surface area contributed by atoms with Crippen LogP contribution >= 0.6 is 23.1 Å². The van der Waals surface area contributed by atoms with Crippen molar-refractivity contribution in [1.82, 2.24) is 14.5 Å². The van der Waals surface area contributed by atoms with Gasteiger partial charge in [-0.3, -0.25) is 10.1 Å². The third kappa shape index (κ3) is 4.65. The summed E-state index contributed by atoms with van der Waals surface area (Å²) in [6, 6.07) is 4.32. The molecule has 0 radical (unpaired) electrons. The van der Waals surface area contributed by atoms with Gasteiger partial charge in [-0.25, -0.2) is 8.42 Å². The molecule has 1 fully saturated rings. The molecule has 0 unspecified atom stereocenters. The van der Waals surface area contributed by atoms with Crippen molar-refractivity contribution in [3.63, 3.8) is 0 Å². The second kappa shape index (κ2) is 8.76. The lowest BCUT2D eigenvalue weighted by Crippen LogP contribution is -2.28. The molecule has 1 N–H and O–H groups in total. The van der Waals surface area contributed by atoms with E-state index in [1.165, 1.54) is 41.0 Å². The van der Waals surface area contributed by atoms with Crippen LogP contribution in [0.15, 0.2) is 27.4 Å². The maximum Gasteiger partial charge on any atom is 0.261 e. The van der Waals surface area contributed by atoms with E-state index in [0.717, 1.165) is 17.2 Å². The van der Waals surface area contributed by atoms with Gasteiger partial charge in [0, 0.05) is 18.3 Å². The van der Waals surface area contributed by atoms with Crippen molar-refractivity contribution in [2.24, 2.45) is 0 Å². The van der Waals surface area contributed by atoms with E-state index in [1.807, 2.05) is 13.8 Å². The second-order valence-corrected chi connectivity index (χ2v) is 11.2. The molecule has 0 atom stereocenters. The predicted octanol–water partition coefficient (Wildman–Crippen LogP) is 3.08. The summed E-state index contributed by atoms with van der Waals surface area (Å²) in [5, 5.41) is 11.4. The molecule has 11 heteroatoms. The first-order chi connectivity index (χ1) is 13.3. The molecule has 1 amide bonds. The number of nitrogens with one attached hydrogen (secondary N) is 1. The fourth-order valence-electron chi connectivity index (χ4n) is 2.78. The third-order valence-electron chi connectivity index (χ3n) is 4.08. The van der Waals surface area contributed by atoms with E-state index < -0.39 is 15.9 Å². The summed E-state index contributed by atoms with van der Waals surface area (Å²) in [7, 11) is -2.20. The third-order valence-corrected chi connectivity index (χ3v) is 7.90. The van der Waals surface area contributed by atoms with Crippen LogP contribution in [0.1, 0.15) is 37.0 Å². The number of carbonyl (C=O) groups excluding carboxylic acids is 1. The Kier molecular flexibility index (Phi) is 6.58. The fourth-order valence-corrected chi connectivity index (χ4v) is 6.29. The standard InChI is InChI=1S/C17H22N4O4S3/c1-11(2)26-17-20-19-16(27-17)18-15(22)13-10-12(6-7-14(13)25-3)28(23,24)21-8-4-5-9-21/h6-7,10-11H,4-5,8-9H2,1-3H3,(H,18,19,22). The molecule has 1 aliphatic heterocycles. The predicted molar refractivity (Wildman–Crippen MR) is 110 cm³/mol. The molecule has 2 aromatic rings. The second-order valence-electron chi connectivity index (χ2n) is 6.47. The molecule has 3 rings (SSSR count). The van der Waals surface area contributed by atoms with Crippen molar-refractivity contribution >= 4 is 44.2 Å². The zero-order chi connectivity index (χ0) is 20.3. The number of anilines is 1. The molecule has 1 aromatic carbocycles. The Morgan fingerprint density at radius 1 is 1.29 bits per heavy atom. The number of thioether (sulfide) groups is 1. The van der Waals surface area contributed by atoms with Crippen LogP contribution in [0, 0.1) is 0 Å². The molecule has 1 aliphatic rings. The van der Waals surface area contributed by atoms with Crippen LogP contribution in [0.5, 0.6) is 5.75 Å². The monoisotopic (exact) mass is 442 g/mol. The number of rotatable bonds is 7. The highest BCUT2D eigenvalue weighted by Crippen LogP contribution is 2.30. The Morgan fingerprint density at radius 3 is 2.64 bits per heavy atom. The molecule has 0 bridgehead atoms. The molecule has 1 saturated heterocycles. The summed E-state index contributed by atoms with van der Waals surface area (Å²) in [6.07, 6.45) is 1.69. The van der Waals surface area contributed by atoms with Gasteiger partial charge in [0.05, 0.1) is 17.6 Å². The number of methoxy groups -OCH3 is 1. The Bertz CT molecular complexity index is 953. The average Bonchev–Trinajstić information content (AvgIpc) is 3.33. The van der Waals surface area contributed by atoms with Gasteiger partial charge in [0.1, 0.15) is 5.75 Å². The number of ether oxygens (including phenoxy) is 1. The van der Waals surface area contributed by atoms with Gasteiger partial charge in [0.2, 0.25) is 15.2 Å². The van der Waals surface area contributed by atoms with Crippen molar-refractivity contribution in [2.75, 3.05) is 25.5 Å². The Hall–Kier alpha value is -1.69. The van der Waals surface area contributed by atoms with Crippen molar-refractivity contribution in [3.05, 3.63) is 23.8 Å². The van der Waals surface area contributed by atoms with Gasteiger partial charge in [0.15, 0.2) is 4.34 Å². The molecule has 0 spiro atoms. The Labute approximate surface area is 172 Å². The van der Waals surface area contributed by atoms with Gasteiger partial charge < -0.3 is 4.74 Å². The number of nitrogens with zero attached hydrogens (tertiary/aromatic N) is 3. The minimum absolute atomic E-state index is 0.0775. The van der Waals surface area contributed by atoms with Crippen molar-refractivity contribution in [2.45, 2.75) is 41.2 Å². The van der Waals surface area contributed by atoms with E-state index in [1.54, 1.807) is 11.8 Å². The van der Waals surface area contributed by atoms with Crippen LogP contribution in [-0.4, -0.2) is 54.3 Å². The highest BCUT2D eigenvalue weighted by Gasteiger charge is 2.28. The first-order valence-electron chi connectivity index (χ1n) is 8.81. The van der Waals surface area contributed by atoms with Gasteiger partial charge in [-0.2, -0.15) is 4.31 Å². The van der Waals surface area contributed by atoms with E-state index in [2.05, 4.69) is 15.5 Å². The molecule has 8 nitrogen and oxygen atoms in total. The number of aromatic nitrogens is 2.